The summed E-state index contributed by atoms with van der Waals surface area (Å²) in [6, 6.07) is 6.46. The molecule has 4 atom stereocenters. The first-order valence-electron chi connectivity index (χ1n) is 9.12. The van der Waals surface area contributed by atoms with Gasteiger partial charge in [-0.3, -0.25) is 4.90 Å². The van der Waals surface area contributed by atoms with Crippen LogP contribution in [-0.4, -0.2) is 57.5 Å². The minimum atomic E-state index is -3.18. The Hall–Kier alpha value is -1.28. The van der Waals surface area contributed by atoms with Crippen LogP contribution in [0, 0.1) is 17.7 Å². The van der Waals surface area contributed by atoms with E-state index in [4.69, 9.17) is 4.74 Å². The molecule has 3 heterocycles. The van der Waals surface area contributed by atoms with Crippen molar-refractivity contribution in [1.82, 2.24) is 9.62 Å². The molecular weight excluding hydrogens is 355 g/mol. The smallest absolute Gasteiger partial charge is 0.208 e. The maximum absolute atomic E-state index is 13.0. The molecule has 26 heavy (non-hydrogen) atoms. The SMILES string of the molecule is CS(=O)(=O)NC[C@H]1[C@H]2CN(CC=Cc3ccc(F)cc3)C[C@]23CC[C@H]1O3. The zero-order chi connectivity index (χ0) is 18.4. The van der Waals surface area contributed by atoms with Crippen molar-refractivity contribution in [3.05, 3.63) is 41.7 Å². The van der Waals surface area contributed by atoms with E-state index in [2.05, 4.69) is 15.7 Å². The van der Waals surface area contributed by atoms with Gasteiger partial charge >= 0.3 is 0 Å². The molecule has 3 aliphatic heterocycles. The van der Waals surface area contributed by atoms with Gasteiger partial charge in [0, 0.05) is 38.0 Å². The fourth-order valence-corrected chi connectivity index (χ4v) is 5.35. The molecule has 1 N–H and O–H groups in total. The number of fused-ring (bicyclic) bond motifs is 1. The lowest BCUT2D eigenvalue weighted by atomic mass is 9.74. The van der Waals surface area contributed by atoms with E-state index < -0.39 is 10.0 Å². The molecule has 3 aliphatic rings. The number of rotatable bonds is 6. The molecule has 5 nitrogen and oxygen atoms in total. The van der Waals surface area contributed by atoms with Gasteiger partial charge in [0.25, 0.3) is 0 Å². The Morgan fingerprint density at radius 1 is 1.38 bits per heavy atom. The van der Waals surface area contributed by atoms with Crippen molar-refractivity contribution >= 4 is 16.1 Å². The van der Waals surface area contributed by atoms with Crippen LogP contribution in [-0.2, 0) is 14.8 Å². The van der Waals surface area contributed by atoms with Crippen LogP contribution in [0.25, 0.3) is 6.08 Å². The number of nitrogens with zero attached hydrogens (tertiary/aromatic N) is 1. The normalized spacial score (nSPS) is 34.0. The summed E-state index contributed by atoms with van der Waals surface area (Å²) in [5, 5.41) is 0. The van der Waals surface area contributed by atoms with E-state index in [9.17, 15) is 12.8 Å². The molecule has 0 aliphatic carbocycles. The molecule has 0 aromatic heterocycles. The van der Waals surface area contributed by atoms with E-state index in [0.29, 0.717) is 12.5 Å². The van der Waals surface area contributed by atoms with E-state index >= 15 is 0 Å². The second-order valence-corrected chi connectivity index (χ2v) is 9.63. The Labute approximate surface area is 154 Å². The molecular formula is C19H25FN2O3S. The fraction of sp³-hybridized carbons (Fsp3) is 0.579. The molecule has 3 saturated heterocycles. The molecule has 4 rings (SSSR count). The van der Waals surface area contributed by atoms with Gasteiger partial charge in [0.1, 0.15) is 5.82 Å². The molecule has 0 amide bonds. The van der Waals surface area contributed by atoms with Gasteiger partial charge in [0.15, 0.2) is 0 Å². The Kier molecular flexibility index (Phi) is 4.67. The summed E-state index contributed by atoms with van der Waals surface area (Å²) in [6.07, 6.45) is 7.58. The lowest BCUT2D eigenvalue weighted by molar-refractivity contribution is 0.00373. The standard InChI is InChI=1S/C19H25FN2O3S/c1-26(23,24)21-11-16-17-12-22(13-19(17)9-8-18(16)25-19)10-2-3-14-4-6-15(20)7-5-14/h2-7,16-18,21H,8-13H2,1H3/t16-,17+,18+,19+/m0/s1. The van der Waals surface area contributed by atoms with Crippen LogP contribution in [0.5, 0.6) is 0 Å². The number of halogens is 1. The topological polar surface area (TPSA) is 58.6 Å². The summed E-state index contributed by atoms with van der Waals surface area (Å²) >= 11 is 0. The lowest BCUT2D eigenvalue weighted by Crippen LogP contribution is -2.41. The van der Waals surface area contributed by atoms with Crippen LogP contribution in [0.2, 0.25) is 0 Å². The molecule has 0 radical (unpaired) electrons. The van der Waals surface area contributed by atoms with Crippen LogP contribution >= 0.6 is 0 Å². The van der Waals surface area contributed by atoms with Crippen molar-refractivity contribution in [3.63, 3.8) is 0 Å². The fourth-order valence-electron chi connectivity index (χ4n) is 4.86. The van der Waals surface area contributed by atoms with Crippen LogP contribution in [0.15, 0.2) is 30.3 Å². The Balaban J connectivity index is 1.38. The van der Waals surface area contributed by atoms with Crippen molar-refractivity contribution in [2.24, 2.45) is 11.8 Å². The largest absolute Gasteiger partial charge is 0.370 e. The number of benzene rings is 1. The van der Waals surface area contributed by atoms with Gasteiger partial charge < -0.3 is 4.74 Å². The zero-order valence-corrected chi connectivity index (χ0v) is 15.7. The first kappa shape index (κ1) is 18.1. The molecule has 1 spiro atoms. The highest BCUT2D eigenvalue weighted by Crippen LogP contribution is 2.54. The molecule has 0 unspecified atom stereocenters. The minimum Gasteiger partial charge on any atom is -0.370 e. The van der Waals surface area contributed by atoms with Gasteiger partial charge in [-0.05, 0) is 30.5 Å². The van der Waals surface area contributed by atoms with Gasteiger partial charge in [-0.15, -0.1) is 0 Å². The van der Waals surface area contributed by atoms with Crippen LogP contribution < -0.4 is 4.72 Å². The number of nitrogens with one attached hydrogen (secondary N) is 1. The summed E-state index contributed by atoms with van der Waals surface area (Å²) in [5.41, 5.74) is 0.884. The van der Waals surface area contributed by atoms with Crippen molar-refractivity contribution in [3.8, 4) is 0 Å². The maximum Gasteiger partial charge on any atom is 0.208 e. The van der Waals surface area contributed by atoms with Crippen molar-refractivity contribution in [2.75, 3.05) is 32.4 Å². The summed E-state index contributed by atoms with van der Waals surface area (Å²) in [5.74, 6) is 0.412. The number of ether oxygens (including phenoxy) is 1. The summed E-state index contributed by atoms with van der Waals surface area (Å²) in [4.78, 5) is 2.37. The van der Waals surface area contributed by atoms with Crippen molar-refractivity contribution in [1.29, 1.82) is 0 Å². The molecule has 2 bridgehead atoms. The van der Waals surface area contributed by atoms with E-state index in [0.717, 1.165) is 38.0 Å². The second kappa shape index (κ2) is 6.71. The minimum absolute atomic E-state index is 0.0990. The van der Waals surface area contributed by atoms with Crippen LogP contribution in [0.1, 0.15) is 18.4 Å². The first-order chi connectivity index (χ1) is 12.3. The van der Waals surface area contributed by atoms with Gasteiger partial charge in [0.2, 0.25) is 10.0 Å². The molecule has 142 valence electrons. The summed E-state index contributed by atoms with van der Waals surface area (Å²) in [6.45, 7) is 3.11. The Morgan fingerprint density at radius 2 is 2.15 bits per heavy atom. The van der Waals surface area contributed by atoms with Crippen molar-refractivity contribution in [2.45, 2.75) is 24.5 Å². The molecule has 0 saturated carbocycles. The van der Waals surface area contributed by atoms with Gasteiger partial charge in [-0.25, -0.2) is 17.5 Å². The number of hydrogen-bond acceptors (Lipinski definition) is 4. The number of hydrogen-bond donors (Lipinski definition) is 1. The highest BCUT2D eigenvalue weighted by Gasteiger charge is 2.62. The molecule has 1 aromatic rings. The van der Waals surface area contributed by atoms with Crippen LogP contribution in [0.4, 0.5) is 4.39 Å². The third-order valence-corrected chi connectivity index (χ3v) is 6.67. The molecule has 1 aromatic carbocycles. The van der Waals surface area contributed by atoms with Gasteiger partial charge in [0.05, 0.1) is 18.0 Å². The van der Waals surface area contributed by atoms with Crippen LogP contribution in [0.3, 0.4) is 0 Å². The number of sulfonamides is 1. The van der Waals surface area contributed by atoms with E-state index in [1.165, 1.54) is 18.4 Å². The monoisotopic (exact) mass is 380 g/mol. The first-order valence-corrected chi connectivity index (χ1v) is 11.0. The lowest BCUT2D eigenvalue weighted by Gasteiger charge is -2.29. The highest BCUT2D eigenvalue weighted by atomic mass is 32.2. The average Bonchev–Trinajstić information content (AvgIpc) is 3.22. The summed E-state index contributed by atoms with van der Waals surface area (Å²) < 4.78 is 44.9. The Bertz CT molecular complexity index is 796. The summed E-state index contributed by atoms with van der Waals surface area (Å²) in [7, 11) is -3.18. The zero-order valence-electron chi connectivity index (χ0n) is 14.9. The predicted octanol–water partition coefficient (Wildman–Crippen LogP) is 1.87. The highest BCUT2D eigenvalue weighted by molar-refractivity contribution is 7.88. The molecule has 3 fully saturated rings. The Morgan fingerprint density at radius 3 is 2.88 bits per heavy atom. The molecule has 7 heteroatoms. The quantitative estimate of drug-likeness (QED) is 0.819. The van der Waals surface area contributed by atoms with Crippen molar-refractivity contribution < 1.29 is 17.5 Å². The van der Waals surface area contributed by atoms with Gasteiger partial charge in [-0.2, -0.15) is 0 Å². The van der Waals surface area contributed by atoms with E-state index in [-0.39, 0.29) is 23.4 Å². The average molecular weight is 380 g/mol. The maximum atomic E-state index is 13.0. The van der Waals surface area contributed by atoms with E-state index in [1.807, 2.05) is 6.08 Å². The predicted molar refractivity (Wildman–Crippen MR) is 98.5 cm³/mol. The van der Waals surface area contributed by atoms with Gasteiger partial charge in [-0.1, -0.05) is 24.3 Å². The third kappa shape index (κ3) is 3.58. The van der Waals surface area contributed by atoms with E-state index in [1.54, 1.807) is 12.1 Å². The second-order valence-electron chi connectivity index (χ2n) is 7.80. The number of likely N-dealkylation sites (tertiary alicyclic amines) is 1. The third-order valence-electron chi connectivity index (χ3n) is 5.98.